The van der Waals surface area contributed by atoms with Crippen LogP contribution in [-0.4, -0.2) is 13.1 Å². The average Bonchev–Trinajstić information content (AvgIpc) is 2.87. The molecule has 0 bridgehead atoms. The van der Waals surface area contributed by atoms with Crippen molar-refractivity contribution < 1.29 is 9.53 Å². The number of carbonyl (C=O) groups is 1. The Kier molecular flexibility index (Phi) is 4.79. The van der Waals surface area contributed by atoms with Gasteiger partial charge in [-0.15, -0.1) is 11.3 Å². The van der Waals surface area contributed by atoms with E-state index in [-0.39, 0.29) is 5.97 Å². The molecule has 0 spiro atoms. The van der Waals surface area contributed by atoms with Gasteiger partial charge in [-0.05, 0) is 43.2 Å². The summed E-state index contributed by atoms with van der Waals surface area (Å²) in [6, 6.07) is 10.4. The lowest BCUT2D eigenvalue weighted by Gasteiger charge is -2.09. The van der Waals surface area contributed by atoms with Gasteiger partial charge in [-0.25, -0.2) is 0 Å². The highest BCUT2D eigenvalue weighted by Crippen LogP contribution is 2.21. The molecule has 0 radical (unpaired) electrons. The van der Waals surface area contributed by atoms with Gasteiger partial charge in [-0.2, -0.15) is 0 Å². The highest BCUT2D eigenvalue weighted by atomic mass is 32.1. The number of nitrogens with one attached hydrogen (secondary N) is 1. The molecule has 4 heteroatoms. The summed E-state index contributed by atoms with van der Waals surface area (Å²) in [6.07, 6.45) is 0.352. The minimum Gasteiger partial charge on any atom is -0.469 e. The number of esters is 1. The van der Waals surface area contributed by atoms with Gasteiger partial charge in [0.1, 0.15) is 0 Å². The fraction of sp³-hybridized carbons (Fsp3) is 0.312. The van der Waals surface area contributed by atoms with Gasteiger partial charge in [-0.3, -0.25) is 4.79 Å². The van der Waals surface area contributed by atoms with Crippen molar-refractivity contribution in [2.24, 2.45) is 0 Å². The molecule has 1 aromatic carbocycles. The van der Waals surface area contributed by atoms with Gasteiger partial charge in [-0.1, -0.05) is 12.1 Å². The fourth-order valence-electron chi connectivity index (χ4n) is 1.94. The molecule has 0 atom stereocenters. The predicted molar refractivity (Wildman–Crippen MR) is 83.3 cm³/mol. The zero-order valence-corrected chi connectivity index (χ0v) is 12.8. The number of hydrogen-bond acceptors (Lipinski definition) is 4. The molecule has 0 aliphatic heterocycles. The van der Waals surface area contributed by atoms with E-state index >= 15 is 0 Å². The van der Waals surface area contributed by atoms with Crippen molar-refractivity contribution in [3.05, 3.63) is 51.2 Å². The van der Waals surface area contributed by atoms with Crippen LogP contribution >= 0.6 is 11.3 Å². The minimum absolute atomic E-state index is 0.194. The van der Waals surface area contributed by atoms with Crippen LogP contribution in [0.15, 0.2) is 30.3 Å². The van der Waals surface area contributed by atoms with Gasteiger partial charge < -0.3 is 10.1 Å². The molecular formula is C16H19NO2S. The van der Waals surface area contributed by atoms with Gasteiger partial charge in [0.25, 0.3) is 0 Å². The van der Waals surface area contributed by atoms with E-state index < -0.39 is 0 Å². The lowest BCUT2D eigenvalue weighted by Crippen LogP contribution is -2.02. The molecule has 0 saturated heterocycles. The van der Waals surface area contributed by atoms with Crippen LogP contribution in [0, 0.1) is 13.8 Å². The zero-order chi connectivity index (χ0) is 14.5. The number of ether oxygens (including phenoxy) is 1. The highest BCUT2D eigenvalue weighted by Gasteiger charge is 2.06. The SMILES string of the molecule is COC(=O)Cc1ccc(CNc2cc(C)ccc2C)s1. The summed E-state index contributed by atoms with van der Waals surface area (Å²) in [6.45, 7) is 4.96. The standard InChI is InChI=1S/C16H19NO2S/c1-11-4-5-12(2)15(8-11)17-10-14-7-6-13(20-14)9-16(18)19-3/h4-8,17H,9-10H2,1-3H3. The van der Waals surface area contributed by atoms with Gasteiger partial charge in [0.05, 0.1) is 13.5 Å². The Labute approximate surface area is 123 Å². The van der Waals surface area contributed by atoms with Gasteiger partial charge in [0, 0.05) is 22.0 Å². The molecule has 3 nitrogen and oxygen atoms in total. The molecule has 0 aliphatic carbocycles. The number of carbonyl (C=O) groups excluding carboxylic acids is 1. The topological polar surface area (TPSA) is 38.3 Å². The maximum atomic E-state index is 11.2. The quantitative estimate of drug-likeness (QED) is 0.853. The van der Waals surface area contributed by atoms with Crippen molar-refractivity contribution in [2.45, 2.75) is 26.8 Å². The van der Waals surface area contributed by atoms with Crippen molar-refractivity contribution in [1.82, 2.24) is 0 Å². The molecule has 20 heavy (non-hydrogen) atoms. The van der Waals surface area contributed by atoms with Crippen LogP contribution in [0.4, 0.5) is 5.69 Å². The summed E-state index contributed by atoms with van der Waals surface area (Å²) in [7, 11) is 1.42. The van der Waals surface area contributed by atoms with Crippen molar-refractivity contribution in [3.63, 3.8) is 0 Å². The van der Waals surface area contributed by atoms with E-state index in [1.54, 1.807) is 11.3 Å². The van der Waals surface area contributed by atoms with E-state index in [4.69, 9.17) is 0 Å². The van der Waals surface area contributed by atoms with Gasteiger partial charge in [0.2, 0.25) is 0 Å². The largest absolute Gasteiger partial charge is 0.469 e. The zero-order valence-electron chi connectivity index (χ0n) is 12.0. The second-order valence-electron chi connectivity index (χ2n) is 4.79. The molecule has 106 valence electrons. The Morgan fingerprint density at radius 2 is 1.95 bits per heavy atom. The Hall–Kier alpha value is -1.81. The summed E-state index contributed by atoms with van der Waals surface area (Å²) in [5.41, 5.74) is 3.64. The molecule has 0 fully saturated rings. The minimum atomic E-state index is -0.194. The lowest BCUT2D eigenvalue weighted by atomic mass is 10.1. The number of methoxy groups -OCH3 is 1. The van der Waals surface area contributed by atoms with Crippen LogP contribution in [0.2, 0.25) is 0 Å². The second-order valence-corrected chi connectivity index (χ2v) is 6.05. The first kappa shape index (κ1) is 14.6. The van der Waals surface area contributed by atoms with Crippen molar-refractivity contribution in [2.75, 3.05) is 12.4 Å². The van der Waals surface area contributed by atoms with Crippen molar-refractivity contribution >= 4 is 23.0 Å². The smallest absolute Gasteiger partial charge is 0.310 e. The number of aryl methyl sites for hydroxylation is 2. The molecule has 0 amide bonds. The van der Waals surface area contributed by atoms with Crippen LogP contribution in [0.5, 0.6) is 0 Å². The van der Waals surface area contributed by atoms with Gasteiger partial charge in [0.15, 0.2) is 0 Å². The van der Waals surface area contributed by atoms with E-state index in [0.717, 1.165) is 17.1 Å². The van der Waals surface area contributed by atoms with E-state index in [1.165, 1.54) is 23.1 Å². The Morgan fingerprint density at radius 1 is 1.20 bits per heavy atom. The molecule has 1 aromatic heterocycles. The predicted octanol–water partition coefficient (Wildman–Crippen LogP) is 3.69. The van der Waals surface area contributed by atoms with Crippen LogP contribution in [0.25, 0.3) is 0 Å². The van der Waals surface area contributed by atoms with Crippen LogP contribution in [-0.2, 0) is 22.5 Å². The molecular weight excluding hydrogens is 270 g/mol. The summed E-state index contributed by atoms with van der Waals surface area (Å²) in [4.78, 5) is 13.5. The molecule has 0 aliphatic rings. The number of benzene rings is 1. The average molecular weight is 289 g/mol. The van der Waals surface area contributed by atoms with E-state index in [2.05, 4.69) is 48.2 Å². The highest BCUT2D eigenvalue weighted by molar-refractivity contribution is 7.12. The second kappa shape index (κ2) is 6.57. The summed E-state index contributed by atoms with van der Waals surface area (Å²) in [5, 5.41) is 3.44. The molecule has 2 aromatic rings. The first-order valence-corrected chi connectivity index (χ1v) is 7.35. The third-order valence-corrected chi connectivity index (χ3v) is 4.19. The third kappa shape index (κ3) is 3.84. The fourth-order valence-corrected chi connectivity index (χ4v) is 2.88. The monoisotopic (exact) mass is 289 g/mol. The molecule has 0 saturated carbocycles. The molecule has 2 rings (SSSR count). The van der Waals surface area contributed by atoms with Crippen molar-refractivity contribution in [3.8, 4) is 0 Å². The molecule has 1 N–H and O–H groups in total. The Balaban J connectivity index is 1.97. The number of anilines is 1. The molecule has 0 unspecified atom stereocenters. The maximum absolute atomic E-state index is 11.2. The summed E-state index contributed by atoms with van der Waals surface area (Å²) >= 11 is 1.64. The maximum Gasteiger partial charge on any atom is 0.310 e. The van der Waals surface area contributed by atoms with Gasteiger partial charge >= 0.3 is 5.97 Å². The third-order valence-electron chi connectivity index (χ3n) is 3.11. The first-order valence-electron chi connectivity index (χ1n) is 6.54. The van der Waals surface area contributed by atoms with E-state index in [1.807, 2.05) is 6.07 Å². The summed E-state index contributed by atoms with van der Waals surface area (Å²) < 4.78 is 4.67. The van der Waals surface area contributed by atoms with Crippen LogP contribution in [0.3, 0.4) is 0 Å². The Morgan fingerprint density at radius 3 is 2.70 bits per heavy atom. The van der Waals surface area contributed by atoms with E-state index in [9.17, 15) is 4.79 Å². The van der Waals surface area contributed by atoms with Crippen LogP contribution < -0.4 is 5.32 Å². The normalized spacial score (nSPS) is 10.3. The Bertz CT molecular complexity index is 604. The number of hydrogen-bond donors (Lipinski definition) is 1. The lowest BCUT2D eigenvalue weighted by molar-refractivity contribution is -0.139. The van der Waals surface area contributed by atoms with E-state index in [0.29, 0.717) is 6.42 Å². The summed E-state index contributed by atoms with van der Waals surface area (Å²) in [5.74, 6) is -0.194. The van der Waals surface area contributed by atoms with Crippen molar-refractivity contribution in [1.29, 1.82) is 0 Å². The number of rotatable bonds is 5. The first-order chi connectivity index (χ1) is 9.58. The van der Waals surface area contributed by atoms with Crippen LogP contribution in [0.1, 0.15) is 20.9 Å². The molecule has 1 heterocycles. The number of thiophene rings is 1.